The SMILES string of the molecule is CCOC(=O)N(C)[C@H](C(=O)C[C@H](C(=O)N(C)[C@@H]([C@@H](C)CC)[C@@H](CC(=O)N1CCC[C@H]1[C@H](OC)[C@@H](C)C(=O)C[C@H](C)[C@H](O)c1ccccc1)OC)C(C)C)C(C)C.Cc1ccc(NC(=O)[C@H](CCCNC(N)=O)CC(=O)[C@@H](NC(=O)CCCCCN2C(=O)C3C4C=C(C(C)C)C(C4)C3C2=O)C(C)C)cc1. The maximum absolute atomic E-state index is 14.4. The van der Waals surface area contributed by atoms with Crippen LogP contribution in [0.15, 0.2) is 66.2 Å². The molecular formula is C81H126N8O15. The number of primary amides is 1. The number of carbonyl (C=O) groups excluding carboxylic acids is 11. The number of nitrogens with two attached hydrogens (primary N) is 1. The Balaban J connectivity index is 0.000000378. The van der Waals surface area contributed by atoms with Crippen LogP contribution in [-0.4, -0.2) is 181 Å². The number of likely N-dealkylation sites (tertiary alicyclic amines) is 2. The Kier molecular flexibility index (Phi) is 34.8. The normalized spacial score (nSPS) is 20.8. The van der Waals surface area contributed by atoms with E-state index in [2.05, 4.69) is 35.9 Å². The molecule has 16 atom stereocenters. The zero-order valence-electron chi connectivity index (χ0n) is 65.6. The number of Topliss-reactive ketones (excluding diaryl/α,β-unsaturated/α-hetero) is 3. The number of aliphatic hydroxyl groups is 1. The molecule has 6 rings (SSSR count). The van der Waals surface area contributed by atoms with Gasteiger partial charge in [0, 0.05) is 97.1 Å². The zero-order valence-corrected chi connectivity index (χ0v) is 65.6. The molecule has 6 N–H and O–H groups in total. The number of anilines is 1. The van der Waals surface area contributed by atoms with E-state index in [4.69, 9.17) is 19.9 Å². The number of unbranched alkanes of at least 4 members (excludes halogenated alkanes) is 2. The van der Waals surface area contributed by atoms with Crippen LogP contribution in [0.2, 0.25) is 0 Å². The van der Waals surface area contributed by atoms with E-state index in [1.54, 1.807) is 52.3 Å². The van der Waals surface area contributed by atoms with Crippen LogP contribution in [0.25, 0.3) is 0 Å². The Bertz CT molecular complexity index is 3230. The zero-order chi connectivity index (χ0) is 77.6. The third-order valence-electron chi connectivity index (χ3n) is 22.2. The van der Waals surface area contributed by atoms with Crippen LogP contribution in [0, 0.1) is 83.9 Å². The summed E-state index contributed by atoms with van der Waals surface area (Å²) in [6, 6.07) is 13.7. The van der Waals surface area contributed by atoms with Gasteiger partial charge in [-0.25, -0.2) is 9.59 Å². The number of ketones is 3. The van der Waals surface area contributed by atoms with Gasteiger partial charge in [0.25, 0.3) is 0 Å². The summed E-state index contributed by atoms with van der Waals surface area (Å²) in [6.45, 7) is 28.3. The van der Waals surface area contributed by atoms with E-state index in [-0.39, 0.29) is 157 Å². The molecule has 580 valence electrons. The summed E-state index contributed by atoms with van der Waals surface area (Å²) >= 11 is 0. The molecule has 2 saturated heterocycles. The first-order valence-electron chi connectivity index (χ1n) is 38.2. The molecule has 9 amide bonds. The van der Waals surface area contributed by atoms with Crippen molar-refractivity contribution in [2.45, 2.75) is 229 Å². The second-order valence-corrected chi connectivity index (χ2v) is 31.1. The van der Waals surface area contributed by atoms with Crippen molar-refractivity contribution < 1.29 is 72.1 Å². The number of carbonyl (C=O) groups is 11. The molecule has 0 spiro atoms. The van der Waals surface area contributed by atoms with Crippen molar-refractivity contribution in [2.24, 2.45) is 82.7 Å². The number of fused-ring (bicyclic) bond motifs is 5. The Labute approximate surface area is 619 Å². The molecule has 0 aromatic heterocycles. The number of allylic oxidation sites excluding steroid dienone is 2. The minimum Gasteiger partial charge on any atom is -0.450 e. The van der Waals surface area contributed by atoms with Gasteiger partial charge in [-0.05, 0) is 124 Å². The smallest absolute Gasteiger partial charge is 0.410 e. The second-order valence-electron chi connectivity index (χ2n) is 31.1. The molecule has 104 heavy (non-hydrogen) atoms. The highest BCUT2D eigenvalue weighted by Gasteiger charge is 2.61. The Morgan fingerprint density at radius 3 is 1.95 bits per heavy atom. The molecule has 3 fully saturated rings. The van der Waals surface area contributed by atoms with Crippen molar-refractivity contribution in [3.63, 3.8) is 0 Å². The Morgan fingerprint density at radius 2 is 1.38 bits per heavy atom. The lowest BCUT2D eigenvalue weighted by Gasteiger charge is -2.41. The third kappa shape index (κ3) is 23.3. The average molecular weight is 1450 g/mol. The number of nitrogens with one attached hydrogen (secondary N) is 3. The maximum atomic E-state index is 14.4. The van der Waals surface area contributed by atoms with Crippen LogP contribution >= 0.6 is 0 Å². The standard InChI is InChI=1S/C44H73N3O9.C37H53N5O6/c1-14-29(7)40(45(10)43(52)33(27(3)4)25-36(49)39(28(5)6)46(11)44(53)56-15-2)37(54-12)26-38(50)47-23-19-22-34(47)42(55-13)31(9)35(48)24-30(8)41(51)32-20-17-16-18-21-32;1-21(2)27-18-25-19-28(27)32-31(25)35(46)42(36(32)47)17-8-6-7-11-30(44)41-33(22(3)4)29(43)20-24(10-9-16-39-37(38)48)34(45)40-26-14-12-23(5)13-15-26/h16-18,20-21,27-31,33-34,37,39-42,51H,14-15,19,22-26H2,1-13H3;12-15,18,21-22,24-25,28,31-33H,6-11,16-17,19-20H2,1-5H3,(H,40,45)(H,41,44)(H3,38,39,48)/t29-,30-,31-,33-,34-,37+,39-,40-,41-,42+;24-,25?,28?,31?,32?,33+/m01/s1. The highest BCUT2D eigenvalue weighted by atomic mass is 16.6. The molecule has 2 aromatic rings. The van der Waals surface area contributed by atoms with Gasteiger partial charge in [0.2, 0.25) is 35.4 Å². The number of aryl methyl sites for hydroxylation is 1. The third-order valence-corrected chi connectivity index (χ3v) is 22.2. The number of benzene rings is 2. The maximum Gasteiger partial charge on any atom is 0.410 e. The lowest BCUT2D eigenvalue weighted by Crippen LogP contribution is -2.54. The summed E-state index contributed by atoms with van der Waals surface area (Å²) in [7, 11) is 6.40. The first-order chi connectivity index (χ1) is 49.1. The van der Waals surface area contributed by atoms with Crippen molar-refractivity contribution >= 4 is 70.6 Å². The number of imide groups is 1. The molecular weight excluding hydrogens is 1320 g/mol. The number of amides is 9. The number of hydrogen-bond acceptors (Lipinski definition) is 15. The first-order valence-corrected chi connectivity index (χ1v) is 38.2. The fourth-order valence-corrected chi connectivity index (χ4v) is 16.2. The predicted octanol–water partition coefficient (Wildman–Crippen LogP) is 11.1. The van der Waals surface area contributed by atoms with Crippen molar-refractivity contribution in [1.82, 2.24) is 30.2 Å². The van der Waals surface area contributed by atoms with E-state index in [0.717, 1.165) is 30.4 Å². The first kappa shape index (κ1) is 87.3. The Hall–Kier alpha value is -7.37. The number of urea groups is 1. The van der Waals surface area contributed by atoms with Crippen LogP contribution in [0.5, 0.6) is 0 Å². The fraction of sp³-hybridized carbons (Fsp3) is 0.691. The second kappa shape index (κ2) is 41.5. The molecule has 2 aliphatic heterocycles. The molecule has 2 aliphatic carbocycles. The lowest BCUT2D eigenvalue weighted by molar-refractivity contribution is -0.149. The molecule has 4 unspecified atom stereocenters. The highest BCUT2D eigenvalue weighted by molar-refractivity contribution is 6.06. The summed E-state index contributed by atoms with van der Waals surface area (Å²) in [4.78, 5) is 152. The highest BCUT2D eigenvalue weighted by Crippen LogP contribution is 2.57. The number of hydrogen-bond donors (Lipinski definition) is 5. The lowest BCUT2D eigenvalue weighted by atomic mass is 9.78. The number of rotatable bonds is 41. The number of likely N-dealkylation sites (N-methyl/N-ethyl adjacent to an activating group) is 2. The van der Waals surface area contributed by atoms with Crippen LogP contribution in [0.4, 0.5) is 15.3 Å². The molecule has 23 heteroatoms. The summed E-state index contributed by atoms with van der Waals surface area (Å²) in [5, 5.41) is 19.2. The summed E-state index contributed by atoms with van der Waals surface area (Å²) in [5.41, 5.74) is 8.92. The molecule has 2 bridgehead atoms. The molecule has 23 nitrogen and oxygen atoms in total. The fourth-order valence-electron chi connectivity index (χ4n) is 16.2. The average Bonchev–Trinajstić information content (AvgIpc) is 1.56. The number of ether oxygens (including phenoxy) is 3. The molecule has 0 radical (unpaired) electrons. The van der Waals surface area contributed by atoms with Crippen molar-refractivity contribution in [1.29, 1.82) is 0 Å². The van der Waals surface area contributed by atoms with E-state index in [1.807, 2.05) is 124 Å². The van der Waals surface area contributed by atoms with Crippen molar-refractivity contribution in [3.8, 4) is 0 Å². The van der Waals surface area contributed by atoms with E-state index < -0.39 is 66.3 Å². The summed E-state index contributed by atoms with van der Waals surface area (Å²) in [6.07, 6.45) is 5.72. The van der Waals surface area contributed by atoms with Crippen LogP contribution < -0.4 is 21.7 Å². The quantitative estimate of drug-likeness (QED) is 0.0235. The predicted molar refractivity (Wildman–Crippen MR) is 401 cm³/mol. The van der Waals surface area contributed by atoms with Gasteiger partial charge < -0.3 is 55.7 Å². The van der Waals surface area contributed by atoms with E-state index in [1.165, 1.54) is 15.4 Å². The molecule has 1 saturated carbocycles. The van der Waals surface area contributed by atoms with Crippen LogP contribution in [0.1, 0.15) is 197 Å². The summed E-state index contributed by atoms with van der Waals surface area (Å²) < 4.78 is 17.2. The van der Waals surface area contributed by atoms with Gasteiger partial charge in [-0.2, -0.15) is 0 Å². The van der Waals surface area contributed by atoms with Crippen LogP contribution in [-0.2, 0) is 57.4 Å². The van der Waals surface area contributed by atoms with Gasteiger partial charge in [0.1, 0.15) is 5.78 Å². The van der Waals surface area contributed by atoms with Gasteiger partial charge >= 0.3 is 12.1 Å². The van der Waals surface area contributed by atoms with E-state index >= 15 is 0 Å². The van der Waals surface area contributed by atoms with Crippen molar-refractivity contribution in [3.05, 3.63) is 77.4 Å². The molecule has 4 aliphatic rings. The molecule has 2 aromatic carbocycles. The van der Waals surface area contributed by atoms with E-state index in [0.29, 0.717) is 63.2 Å². The molecule has 2 heterocycles. The van der Waals surface area contributed by atoms with Gasteiger partial charge in [-0.1, -0.05) is 156 Å². The van der Waals surface area contributed by atoms with Gasteiger partial charge in [-0.15, -0.1) is 0 Å². The van der Waals surface area contributed by atoms with Gasteiger partial charge in [0.05, 0.1) is 67.3 Å². The van der Waals surface area contributed by atoms with Crippen molar-refractivity contribution in [2.75, 3.05) is 59.9 Å². The minimum atomic E-state index is -0.779. The topological polar surface area (TPSA) is 311 Å². The van der Waals surface area contributed by atoms with Gasteiger partial charge in [0.15, 0.2) is 11.6 Å². The van der Waals surface area contributed by atoms with Crippen LogP contribution in [0.3, 0.4) is 0 Å². The number of nitrogens with zero attached hydrogens (tertiary/aromatic N) is 4. The monoisotopic (exact) mass is 1450 g/mol. The minimum absolute atomic E-state index is 0.0176. The number of methoxy groups -OCH3 is 2. The summed E-state index contributed by atoms with van der Waals surface area (Å²) in [5.74, 6) is -3.86. The van der Waals surface area contributed by atoms with Gasteiger partial charge in [-0.3, -0.25) is 48.1 Å². The number of aliphatic hydroxyl groups excluding tert-OH is 1. The largest absolute Gasteiger partial charge is 0.450 e. The van der Waals surface area contributed by atoms with E-state index in [9.17, 15) is 57.8 Å². The Morgan fingerprint density at radius 1 is 0.721 bits per heavy atom.